The average molecular weight is 581 g/mol. The van der Waals surface area contributed by atoms with Crippen LogP contribution in [0, 0.1) is 5.92 Å². The van der Waals surface area contributed by atoms with Gasteiger partial charge in [-0.1, -0.05) is 50.2 Å². The molecule has 0 fully saturated rings. The SMILES string of the molecule is CC(=O)NC(Cc1ccc(O)cc1)C(=O)NC(C(=O)N1Cc2ccccc2C[C@H]1C(=O)NC(C=O)CC(=O)O)C(C)C. The third-order valence-corrected chi connectivity index (χ3v) is 7.02. The fraction of sp³-hybridized carbons (Fsp3) is 0.400. The van der Waals surface area contributed by atoms with Crippen molar-refractivity contribution < 1.29 is 39.0 Å². The number of carbonyl (C=O) groups excluding carboxylic acids is 5. The first-order valence-corrected chi connectivity index (χ1v) is 13.6. The zero-order valence-electron chi connectivity index (χ0n) is 23.7. The van der Waals surface area contributed by atoms with E-state index >= 15 is 0 Å². The van der Waals surface area contributed by atoms with Crippen LogP contribution < -0.4 is 16.0 Å². The van der Waals surface area contributed by atoms with Crippen LogP contribution >= 0.6 is 0 Å². The van der Waals surface area contributed by atoms with Crippen LogP contribution in [-0.4, -0.2) is 75.2 Å². The van der Waals surface area contributed by atoms with Gasteiger partial charge in [0.25, 0.3) is 0 Å². The molecule has 2 aromatic rings. The lowest BCUT2D eigenvalue weighted by Gasteiger charge is -2.39. The zero-order valence-corrected chi connectivity index (χ0v) is 23.7. The summed E-state index contributed by atoms with van der Waals surface area (Å²) in [6.45, 7) is 4.80. The topological polar surface area (TPSA) is 182 Å². The van der Waals surface area contributed by atoms with Crippen molar-refractivity contribution in [1.82, 2.24) is 20.9 Å². The number of benzene rings is 2. The third-order valence-electron chi connectivity index (χ3n) is 7.02. The predicted octanol–water partition coefficient (Wildman–Crippen LogP) is 0.692. The van der Waals surface area contributed by atoms with E-state index in [1.54, 1.807) is 38.1 Å². The smallest absolute Gasteiger partial charge is 0.305 e. The minimum Gasteiger partial charge on any atom is -0.508 e. The lowest BCUT2D eigenvalue weighted by molar-refractivity contribution is -0.146. The number of fused-ring (bicyclic) bond motifs is 1. The Kier molecular flexibility index (Phi) is 10.8. The second-order valence-electron chi connectivity index (χ2n) is 10.7. The van der Waals surface area contributed by atoms with Crippen molar-refractivity contribution >= 4 is 35.9 Å². The van der Waals surface area contributed by atoms with E-state index in [1.807, 2.05) is 12.1 Å². The van der Waals surface area contributed by atoms with Gasteiger partial charge >= 0.3 is 5.97 Å². The Labute approximate surface area is 243 Å². The van der Waals surface area contributed by atoms with Gasteiger partial charge in [-0.3, -0.25) is 24.0 Å². The van der Waals surface area contributed by atoms with Crippen LogP contribution in [0.2, 0.25) is 0 Å². The summed E-state index contributed by atoms with van der Waals surface area (Å²) in [6.07, 6.45) is -0.0465. The largest absolute Gasteiger partial charge is 0.508 e. The second-order valence-corrected chi connectivity index (χ2v) is 10.7. The summed E-state index contributed by atoms with van der Waals surface area (Å²) in [4.78, 5) is 76.6. The normalized spacial score (nSPS) is 16.4. The van der Waals surface area contributed by atoms with Gasteiger partial charge in [0, 0.05) is 26.3 Å². The third kappa shape index (κ3) is 8.38. The molecule has 1 heterocycles. The summed E-state index contributed by atoms with van der Waals surface area (Å²) in [7, 11) is 0. The first kappa shape index (κ1) is 31.8. The van der Waals surface area contributed by atoms with E-state index in [1.165, 1.54) is 24.0 Å². The van der Waals surface area contributed by atoms with E-state index in [0.717, 1.165) is 11.1 Å². The Bertz CT molecular complexity index is 1330. The minimum atomic E-state index is -1.27. The molecule has 0 radical (unpaired) electrons. The van der Waals surface area contributed by atoms with E-state index in [9.17, 15) is 33.9 Å². The molecular weight excluding hydrogens is 544 g/mol. The summed E-state index contributed by atoms with van der Waals surface area (Å²) < 4.78 is 0. The molecule has 42 heavy (non-hydrogen) atoms. The molecule has 1 aliphatic rings. The summed E-state index contributed by atoms with van der Waals surface area (Å²) in [5.74, 6) is -3.91. The monoisotopic (exact) mass is 580 g/mol. The molecular formula is C30H36N4O8. The lowest BCUT2D eigenvalue weighted by atomic mass is 9.91. The van der Waals surface area contributed by atoms with E-state index in [2.05, 4.69) is 16.0 Å². The van der Waals surface area contributed by atoms with Crippen LogP contribution in [0.5, 0.6) is 5.75 Å². The highest BCUT2D eigenvalue weighted by Gasteiger charge is 2.40. The first-order valence-electron chi connectivity index (χ1n) is 13.6. The van der Waals surface area contributed by atoms with Crippen molar-refractivity contribution in [3.63, 3.8) is 0 Å². The standard InChI is InChI=1S/C30H36N4O8/c1-17(2)27(33-28(40)24(31-18(3)36)12-19-8-10-23(37)11-9-19)30(42)34-15-21-7-5-4-6-20(21)13-25(34)29(41)32-22(16-35)14-26(38)39/h4-11,16-17,22,24-25,27,37H,12-15H2,1-3H3,(H,31,36)(H,32,41)(H,33,40)(H,38,39)/t22?,24?,25-,27?/m0/s1. The second kappa shape index (κ2) is 14.2. The predicted molar refractivity (Wildman–Crippen MR) is 151 cm³/mol. The van der Waals surface area contributed by atoms with Crippen LogP contribution in [0.3, 0.4) is 0 Å². The van der Waals surface area contributed by atoms with Gasteiger partial charge in [0.2, 0.25) is 23.6 Å². The van der Waals surface area contributed by atoms with Crippen LogP contribution in [0.4, 0.5) is 0 Å². The van der Waals surface area contributed by atoms with Gasteiger partial charge in [0.05, 0.1) is 12.5 Å². The Morgan fingerprint density at radius 3 is 2.19 bits per heavy atom. The first-order chi connectivity index (χ1) is 19.9. The number of aliphatic carboxylic acids is 1. The highest BCUT2D eigenvalue weighted by molar-refractivity contribution is 5.95. The molecule has 12 nitrogen and oxygen atoms in total. The average Bonchev–Trinajstić information content (AvgIpc) is 2.94. The quantitative estimate of drug-likeness (QED) is 0.227. The minimum absolute atomic E-state index is 0.0499. The van der Waals surface area contributed by atoms with Crippen molar-refractivity contribution in [3.8, 4) is 5.75 Å². The molecule has 12 heteroatoms. The summed E-state index contributed by atoms with van der Waals surface area (Å²) in [5, 5.41) is 26.4. The van der Waals surface area contributed by atoms with Gasteiger partial charge in [-0.05, 0) is 34.7 Å². The molecule has 0 aromatic heterocycles. The maximum absolute atomic E-state index is 14.0. The number of amides is 4. The Morgan fingerprint density at radius 1 is 0.976 bits per heavy atom. The number of carboxylic acid groups (broad SMARTS) is 1. The van der Waals surface area contributed by atoms with E-state index in [-0.39, 0.29) is 25.1 Å². The number of carboxylic acids is 1. The Morgan fingerprint density at radius 2 is 1.62 bits per heavy atom. The number of rotatable bonds is 12. The van der Waals surface area contributed by atoms with Crippen molar-refractivity contribution in [2.24, 2.45) is 5.92 Å². The fourth-order valence-corrected chi connectivity index (χ4v) is 4.86. The molecule has 0 spiro atoms. The molecule has 0 bridgehead atoms. The molecule has 0 saturated heterocycles. The van der Waals surface area contributed by atoms with Gasteiger partial charge in [-0.15, -0.1) is 0 Å². The number of aromatic hydroxyl groups is 1. The summed E-state index contributed by atoms with van der Waals surface area (Å²) >= 11 is 0. The summed E-state index contributed by atoms with van der Waals surface area (Å²) in [6, 6.07) is 8.99. The Hall–Kier alpha value is -4.74. The highest BCUT2D eigenvalue weighted by Crippen LogP contribution is 2.25. The molecule has 3 unspecified atom stereocenters. The zero-order chi connectivity index (χ0) is 31.0. The van der Waals surface area contributed by atoms with Crippen molar-refractivity contribution in [1.29, 1.82) is 0 Å². The molecule has 3 rings (SSSR count). The number of nitrogens with zero attached hydrogens (tertiary/aromatic N) is 1. The van der Waals surface area contributed by atoms with Crippen molar-refractivity contribution in [2.45, 2.75) is 70.7 Å². The molecule has 5 N–H and O–H groups in total. The maximum Gasteiger partial charge on any atom is 0.305 e. The number of nitrogens with one attached hydrogen (secondary N) is 3. The van der Waals surface area contributed by atoms with Gasteiger partial charge in [-0.2, -0.15) is 0 Å². The number of aldehydes is 1. The van der Waals surface area contributed by atoms with Gasteiger partial charge < -0.3 is 35.9 Å². The molecule has 2 aromatic carbocycles. The molecule has 4 atom stereocenters. The lowest BCUT2D eigenvalue weighted by Crippen LogP contribution is -2.61. The van der Waals surface area contributed by atoms with Crippen LogP contribution in [0.25, 0.3) is 0 Å². The maximum atomic E-state index is 14.0. The van der Waals surface area contributed by atoms with E-state index in [4.69, 9.17) is 5.11 Å². The highest BCUT2D eigenvalue weighted by atomic mass is 16.4. The molecule has 224 valence electrons. The number of phenolic OH excluding ortho intramolecular Hbond substituents is 1. The molecule has 0 aliphatic carbocycles. The van der Waals surface area contributed by atoms with Gasteiger partial charge in [0.15, 0.2) is 0 Å². The summed E-state index contributed by atoms with van der Waals surface area (Å²) in [5.41, 5.74) is 2.31. The molecule has 4 amide bonds. The van der Waals surface area contributed by atoms with Gasteiger partial charge in [0.1, 0.15) is 30.2 Å². The van der Waals surface area contributed by atoms with Crippen LogP contribution in [-0.2, 0) is 48.2 Å². The molecule has 0 saturated carbocycles. The van der Waals surface area contributed by atoms with Crippen molar-refractivity contribution in [3.05, 3.63) is 65.2 Å². The Balaban J connectivity index is 1.87. The van der Waals surface area contributed by atoms with Gasteiger partial charge in [-0.25, -0.2) is 0 Å². The van der Waals surface area contributed by atoms with E-state index < -0.39 is 66.1 Å². The van der Waals surface area contributed by atoms with Crippen LogP contribution in [0.1, 0.15) is 43.9 Å². The van der Waals surface area contributed by atoms with Crippen molar-refractivity contribution in [2.75, 3.05) is 0 Å². The fourth-order valence-electron chi connectivity index (χ4n) is 4.86. The molecule has 1 aliphatic heterocycles. The number of hydrogen-bond acceptors (Lipinski definition) is 7. The van der Waals surface area contributed by atoms with Crippen LogP contribution in [0.15, 0.2) is 48.5 Å². The number of hydrogen-bond donors (Lipinski definition) is 5. The number of phenols is 1. The number of carbonyl (C=O) groups is 6. The van der Waals surface area contributed by atoms with E-state index in [0.29, 0.717) is 11.8 Å².